The highest BCUT2D eigenvalue weighted by Crippen LogP contribution is 2.53. The molecule has 13 aromatic rings. The van der Waals surface area contributed by atoms with E-state index in [4.69, 9.17) is 14.7 Å². The molecule has 0 N–H and O–H groups in total. The van der Waals surface area contributed by atoms with Gasteiger partial charge in [-0.3, -0.25) is 56.5 Å². The zero-order chi connectivity index (χ0) is 96.6. The van der Waals surface area contributed by atoms with Crippen molar-refractivity contribution < 1.29 is 64.2 Å². The van der Waals surface area contributed by atoms with Crippen molar-refractivity contribution in [2.24, 2.45) is 5.92 Å². The van der Waals surface area contributed by atoms with Gasteiger partial charge in [0.1, 0.15) is 93.1 Å². The minimum absolute atomic E-state index is 0.0650. The van der Waals surface area contributed by atoms with Crippen molar-refractivity contribution in [2.75, 3.05) is 117 Å². The van der Waals surface area contributed by atoms with E-state index >= 15 is 0 Å². The van der Waals surface area contributed by atoms with Crippen molar-refractivity contribution in [1.29, 1.82) is 0 Å². The summed E-state index contributed by atoms with van der Waals surface area (Å²) in [5, 5.41) is 0. The first-order valence-corrected chi connectivity index (χ1v) is 45.3. The third-order valence-corrected chi connectivity index (χ3v) is 26.9. The van der Waals surface area contributed by atoms with E-state index in [1.54, 1.807) is 152 Å². The van der Waals surface area contributed by atoms with Crippen LogP contribution in [0, 0.1) is 11.7 Å². The number of rotatable bonds is 16. The number of benzene rings is 3. The number of aromatic nitrogens is 20. The molecule has 10 aliphatic rings. The van der Waals surface area contributed by atoms with Gasteiger partial charge < -0.3 is 48.8 Å². The zero-order valence-corrected chi connectivity index (χ0v) is 76.4. The lowest BCUT2D eigenvalue weighted by Crippen LogP contribution is -2.61. The maximum Gasteiger partial charge on any atom is 0.391 e. The fourth-order valence-electron chi connectivity index (χ4n) is 19.7. The average Bonchev–Trinajstić information content (AvgIpc) is 1.40. The second-order valence-corrected chi connectivity index (χ2v) is 35.1. The van der Waals surface area contributed by atoms with E-state index in [1.165, 1.54) is 77.4 Å². The molecule has 44 heteroatoms. The van der Waals surface area contributed by atoms with Crippen LogP contribution >= 0.6 is 0 Å². The summed E-state index contributed by atoms with van der Waals surface area (Å²) in [5.74, 6) is 5.96. The van der Waals surface area contributed by atoms with Gasteiger partial charge in [0.05, 0.1) is 63.1 Å². The molecule has 0 spiro atoms. The van der Waals surface area contributed by atoms with Gasteiger partial charge in [0, 0.05) is 140 Å². The first kappa shape index (κ1) is 91.7. The number of nitrogens with zero attached hydrogens (tertiary/aromatic N) is 30. The minimum atomic E-state index is -4.47. The molecule has 23 rings (SSSR count). The second-order valence-electron chi connectivity index (χ2n) is 35.1. The van der Waals surface area contributed by atoms with Gasteiger partial charge in [-0.05, 0) is 94.4 Å². The molecule has 0 bridgehead atoms. The van der Waals surface area contributed by atoms with Gasteiger partial charge in [0.2, 0.25) is 47.5 Å². The van der Waals surface area contributed by atoms with Crippen molar-refractivity contribution in [3.63, 3.8) is 0 Å². The Bertz CT molecular complexity index is 6760. The summed E-state index contributed by atoms with van der Waals surface area (Å²) in [5.41, 5.74) is 1.31. The fourth-order valence-corrected chi connectivity index (χ4v) is 19.7. The lowest BCUT2D eigenvalue weighted by atomic mass is 9.88. The van der Waals surface area contributed by atoms with E-state index in [9.17, 15) is 59.5 Å². The number of carbonyl (C=O) groups is 6. The summed E-state index contributed by atoms with van der Waals surface area (Å²) >= 11 is 0. The SMILES string of the molecule is CC[C@@H]1C(=O)N(C)c2cnc(-n3ccnc3-c3ccc(F)cc3)nc2N1CC1CC1.CC[C@@H]1C(=O)N(C)c2cnc(-n3ccnc3-c3ccccc3)nc2N1C1COC1.CC[C@@]12CCC(=O)N1c1nc(-n3ccnc3)ncc1N(C)C2=O.CN1C(=O)C2(CC(F)(F)F)CCCN2c2nc(-n3ccnc3)ncc21.CN1C(=O)C2(CC(F)(F)F)CCCN2c2nc(-n3ccnc3-c3ccccc3)ncc21. The van der Waals surface area contributed by atoms with E-state index in [0.29, 0.717) is 141 Å². The molecule has 37 nitrogen and oxygen atoms in total. The Labute approximate surface area is 785 Å². The first-order chi connectivity index (χ1) is 66.4. The standard InChI is InChI=1S/C22H23FN6O.C21H19F3N6O.C21H22N6O2.C15H15F3N6O.C15H16N6O2/c1-3-17-21(30)27(2)18-12-25-22(26-20(18)29(17)13-14-4-5-14)28-11-10-24-19(28)15-6-8-16(23)9-7-15;1-28-15-12-26-19(29-11-9-25-16(29)14-6-3-2-4-7-14)27-17(15)30-10-5-8-20(30,18(28)31)13-21(22,23)24;1-3-16-20(28)25(2)17-11-23-21(24-19(17)27(16)15-12-29-13-15)26-10-9-22-18(26)14-7-5-4-6-8-14;1-22-10-7-20-13(23-6-4-19-9-23)21-11(10)24-5-2-3-14(24,12(22)25)8-15(16,17)18;1-3-15-5-4-11(22)21(15)12-10(19(2)13(15)23)8-17-14(18-12)20-7-6-16-9-20/h6-12,14,17H,3-5,13H2,1-2H3;2-4,6-7,9,11-12H,5,8,10,13H2,1H3;4-11,15-16H,3,12-13H2,1-2H3;4,6-7,9H,2-3,5,8H2,1H3;6-9H,3-5H2,1-2H3/t17-;;16-;;15-/m1.1.0/s1. The van der Waals surface area contributed by atoms with Crippen LogP contribution < -0.4 is 49.0 Å². The third kappa shape index (κ3) is 16.5. The van der Waals surface area contributed by atoms with E-state index in [0.717, 1.165) is 58.5 Å². The highest BCUT2D eigenvalue weighted by molar-refractivity contribution is 6.17. The Hall–Kier alpha value is -15.4. The van der Waals surface area contributed by atoms with Crippen molar-refractivity contribution in [1.82, 2.24) is 97.6 Å². The van der Waals surface area contributed by atoms with Crippen LogP contribution in [-0.4, -0.2) is 248 Å². The number of alkyl halides is 6. The van der Waals surface area contributed by atoms with E-state index in [-0.39, 0.29) is 66.4 Å². The van der Waals surface area contributed by atoms with Crippen LogP contribution in [0.3, 0.4) is 0 Å². The molecule has 3 aromatic carbocycles. The molecule has 0 radical (unpaired) electrons. The topological polar surface area (TPSA) is 362 Å². The number of hydrogen-bond donors (Lipinski definition) is 0. The molecule has 6 amide bonds. The van der Waals surface area contributed by atoms with Gasteiger partial charge in [-0.25, -0.2) is 54.2 Å². The number of likely N-dealkylation sites (N-methyl/N-ethyl adjacent to an activating group) is 5. The third-order valence-electron chi connectivity index (χ3n) is 26.9. The predicted octanol–water partition coefficient (Wildman–Crippen LogP) is 12.2. The highest BCUT2D eigenvalue weighted by Gasteiger charge is 2.61. The number of imidazole rings is 5. The highest BCUT2D eigenvalue weighted by atomic mass is 19.4. The van der Waals surface area contributed by atoms with Gasteiger partial charge in [-0.2, -0.15) is 51.3 Å². The Balaban J connectivity index is 0.000000111. The van der Waals surface area contributed by atoms with Crippen LogP contribution in [0.5, 0.6) is 0 Å². The number of fused-ring (bicyclic) bond motifs is 11. The Morgan fingerprint density at radius 3 is 1.25 bits per heavy atom. The number of halogens is 7. The predicted molar refractivity (Wildman–Crippen MR) is 494 cm³/mol. The summed E-state index contributed by atoms with van der Waals surface area (Å²) in [6, 6.07) is 25.3. The molecular weight excluding hydrogens is 1790 g/mol. The van der Waals surface area contributed by atoms with E-state index < -0.39 is 53.6 Å². The molecule has 9 aliphatic heterocycles. The quantitative estimate of drug-likeness (QED) is 0.0811. The van der Waals surface area contributed by atoms with Crippen LogP contribution in [0.15, 0.2) is 191 Å². The summed E-state index contributed by atoms with van der Waals surface area (Å²) in [4.78, 5) is 160. The average molecular weight is 1890 g/mol. The van der Waals surface area contributed by atoms with Crippen molar-refractivity contribution in [3.05, 3.63) is 196 Å². The molecule has 1 aliphatic carbocycles. The molecule has 4 saturated heterocycles. The summed E-state index contributed by atoms with van der Waals surface area (Å²) in [6.45, 7) is 8.71. The van der Waals surface area contributed by atoms with Gasteiger partial charge in [0.25, 0.3) is 17.7 Å². The Kier molecular flexibility index (Phi) is 24.2. The number of carbonyl (C=O) groups excluding carboxylic acids is 6. The molecule has 1 saturated carbocycles. The Morgan fingerprint density at radius 1 is 0.428 bits per heavy atom. The van der Waals surface area contributed by atoms with Crippen molar-refractivity contribution in [2.45, 2.75) is 151 Å². The monoisotopic (exact) mass is 1890 g/mol. The molecule has 712 valence electrons. The molecule has 10 aromatic heterocycles. The lowest BCUT2D eigenvalue weighted by Gasteiger charge is -2.47. The largest absolute Gasteiger partial charge is 0.391 e. The van der Waals surface area contributed by atoms with Crippen molar-refractivity contribution in [3.8, 4) is 63.9 Å². The normalized spacial score (nSPS) is 20.8. The smallest absolute Gasteiger partial charge is 0.377 e. The van der Waals surface area contributed by atoms with E-state index in [1.807, 2.05) is 92.2 Å². The van der Waals surface area contributed by atoms with Crippen LogP contribution in [0.25, 0.3) is 63.9 Å². The number of ether oxygens (including phenoxy) is 1. The molecule has 5 fully saturated rings. The fraction of sp³-hybridized carbons (Fsp3) is 0.372. The van der Waals surface area contributed by atoms with Gasteiger partial charge in [0.15, 0.2) is 29.1 Å². The molecule has 2 unspecified atom stereocenters. The van der Waals surface area contributed by atoms with Crippen LogP contribution in [0.1, 0.15) is 104 Å². The first-order valence-electron chi connectivity index (χ1n) is 45.3. The molecule has 5 atom stereocenters. The van der Waals surface area contributed by atoms with Gasteiger partial charge >= 0.3 is 12.4 Å². The summed E-state index contributed by atoms with van der Waals surface area (Å²) in [7, 11) is 8.22. The maximum absolute atomic E-state index is 13.5. The lowest BCUT2D eigenvalue weighted by molar-refractivity contribution is -0.156. The molecule has 19 heterocycles. The maximum atomic E-state index is 13.5. The van der Waals surface area contributed by atoms with Crippen molar-refractivity contribution >= 4 is 93.0 Å². The Morgan fingerprint density at radius 2 is 0.826 bits per heavy atom. The molecular formula is C94H95F7N30O7. The zero-order valence-electron chi connectivity index (χ0n) is 76.4. The van der Waals surface area contributed by atoms with Crippen LogP contribution in [0.4, 0.5) is 88.3 Å². The number of anilines is 10. The van der Waals surface area contributed by atoms with Gasteiger partial charge in [-0.1, -0.05) is 81.4 Å². The van der Waals surface area contributed by atoms with Crippen LogP contribution in [0.2, 0.25) is 0 Å². The number of amides is 6. The number of hydrogen-bond acceptors (Lipinski definition) is 26. The van der Waals surface area contributed by atoms with Gasteiger partial charge in [-0.15, -0.1) is 0 Å². The molecule has 138 heavy (non-hydrogen) atoms. The second kappa shape index (κ2) is 36.3. The minimum Gasteiger partial charge on any atom is -0.377 e. The van der Waals surface area contributed by atoms with E-state index in [2.05, 4.69) is 74.6 Å². The van der Waals surface area contributed by atoms with Crippen LogP contribution in [-0.2, 0) is 33.5 Å². The summed E-state index contributed by atoms with van der Waals surface area (Å²) in [6.07, 6.45) is 23.2. The summed E-state index contributed by atoms with van der Waals surface area (Å²) < 4.78 is 107.